The Bertz CT molecular complexity index is 637. The Kier molecular flexibility index (Phi) is 4.79. The van der Waals surface area contributed by atoms with Gasteiger partial charge in [0.1, 0.15) is 16.1 Å². The number of ether oxygens (including phenoxy) is 1. The maximum absolute atomic E-state index is 6.33. The van der Waals surface area contributed by atoms with E-state index in [4.69, 9.17) is 27.9 Å². The van der Waals surface area contributed by atoms with Gasteiger partial charge in [-0.2, -0.15) is 0 Å². The highest BCUT2D eigenvalue weighted by Gasteiger charge is 2.20. The summed E-state index contributed by atoms with van der Waals surface area (Å²) in [6, 6.07) is 7.72. The minimum atomic E-state index is 0.173. The van der Waals surface area contributed by atoms with Crippen LogP contribution >= 0.6 is 39.1 Å². The van der Waals surface area contributed by atoms with Gasteiger partial charge in [-0.1, -0.05) is 57.3 Å². The quantitative estimate of drug-likeness (QED) is 0.700. The molecule has 2 aromatic rings. The largest absolute Gasteiger partial charge is 0.378 e. The van der Waals surface area contributed by atoms with Gasteiger partial charge in [0.25, 0.3) is 0 Å². The molecule has 3 rings (SSSR count). The molecule has 0 N–H and O–H groups in total. The molecular weight excluding hydrogens is 375 g/mol. The van der Waals surface area contributed by atoms with Crippen molar-refractivity contribution in [1.82, 2.24) is 9.97 Å². The molecule has 3 nitrogen and oxygen atoms in total. The first-order chi connectivity index (χ1) is 10.1. The van der Waals surface area contributed by atoms with Crippen LogP contribution in [0.1, 0.15) is 18.7 Å². The highest BCUT2D eigenvalue weighted by atomic mass is 79.9. The highest BCUT2D eigenvalue weighted by molar-refractivity contribution is 9.10. The van der Waals surface area contributed by atoms with Gasteiger partial charge in [-0.25, -0.2) is 9.97 Å². The molecule has 0 amide bonds. The van der Waals surface area contributed by atoms with E-state index in [2.05, 4.69) is 25.9 Å². The van der Waals surface area contributed by atoms with Crippen molar-refractivity contribution in [3.63, 3.8) is 0 Å². The van der Waals surface area contributed by atoms with E-state index >= 15 is 0 Å². The fourth-order valence-electron chi connectivity index (χ4n) is 2.43. The van der Waals surface area contributed by atoms with Gasteiger partial charge in [0.05, 0.1) is 11.7 Å². The third-order valence-electron chi connectivity index (χ3n) is 3.44. The van der Waals surface area contributed by atoms with Crippen molar-refractivity contribution in [2.24, 2.45) is 0 Å². The lowest BCUT2D eigenvalue weighted by atomic mass is 10.1. The van der Waals surface area contributed by atoms with Gasteiger partial charge in [0.2, 0.25) is 0 Å². The predicted octanol–water partition coefficient (Wildman–Crippen LogP) is 4.93. The van der Waals surface area contributed by atoms with Crippen LogP contribution in [-0.2, 0) is 11.2 Å². The number of aromatic nitrogens is 2. The van der Waals surface area contributed by atoms with Crippen LogP contribution in [0, 0.1) is 0 Å². The zero-order chi connectivity index (χ0) is 14.8. The number of hydrogen-bond acceptors (Lipinski definition) is 3. The van der Waals surface area contributed by atoms with E-state index in [-0.39, 0.29) is 6.10 Å². The summed E-state index contributed by atoms with van der Waals surface area (Å²) in [4.78, 5) is 8.77. The molecule has 0 aliphatic carbocycles. The smallest absolute Gasteiger partial charge is 0.142 e. The molecule has 6 heteroatoms. The van der Waals surface area contributed by atoms with E-state index in [1.54, 1.807) is 0 Å². The molecule has 1 unspecified atom stereocenters. The third kappa shape index (κ3) is 3.39. The minimum absolute atomic E-state index is 0.173. The van der Waals surface area contributed by atoms with Crippen molar-refractivity contribution in [1.29, 1.82) is 0 Å². The van der Waals surface area contributed by atoms with Crippen LogP contribution in [0.15, 0.2) is 28.7 Å². The summed E-state index contributed by atoms with van der Waals surface area (Å²) in [7, 11) is 0. The second-order valence-corrected chi connectivity index (χ2v) is 6.49. The Balaban J connectivity index is 1.94. The molecule has 0 bridgehead atoms. The van der Waals surface area contributed by atoms with Crippen molar-refractivity contribution < 1.29 is 4.74 Å². The normalized spacial score (nSPS) is 18.1. The second kappa shape index (κ2) is 6.61. The molecule has 2 heterocycles. The van der Waals surface area contributed by atoms with Crippen LogP contribution < -0.4 is 0 Å². The summed E-state index contributed by atoms with van der Waals surface area (Å²) in [6.45, 7) is 0.807. The lowest BCUT2D eigenvalue weighted by Gasteiger charge is -2.12. The first-order valence-electron chi connectivity index (χ1n) is 6.73. The highest BCUT2D eigenvalue weighted by Crippen LogP contribution is 2.36. The standard InChI is InChI=1S/C15H13BrCl2N2O/c16-11-6-2-1-5-10(11)13-14(17)19-12(20-15(13)18)8-9-4-3-7-21-9/h1-2,5-6,9H,3-4,7-8H2. The van der Waals surface area contributed by atoms with Crippen molar-refractivity contribution in [3.8, 4) is 11.1 Å². The fourth-order valence-corrected chi connectivity index (χ4v) is 3.54. The molecule has 1 aromatic carbocycles. The van der Waals surface area contributed by atoms with E-state index < -0.39 is 0 Å². The number of benzene rings is 1. The molecule has 0 spiro atoms. The number of rotatable bonds is 3. The summed E-state index contributed by atoms with van der Waals surface area (Å²) < 4.78 is 6.50. The molecule has 1 saturated heterocycles. The number of halogens is 3. The Labute approximate surface area is 141 Å². The minimum Gasteiger partial charge on any atom is -0.378 e. The fraction of sp³-hybridized carbons (Fsp3) is 0.333. The topological polar surface area (TPSA) is 35.0 Å². The van der Waals surface area contributed by atoms with E-state index in [0.29, 0.717) is 28.1 Å². The molecule has 1 aliphatic heterocycles. The molecular formula is C15H13BrCl2N2O. The van der Waals surface area contributed by atoms with Crippen LogP contribution in [0.3, 0.4) is 0 Å². The molecule has 0 saturated carbocycles. The summed E-state index contributed by atoms with van der Waals surface area (Å²) >= 11 is 16.2. The second-order valence-electron chi connectivity index (χ2n) is 4.92. The molecule has 110 valence electrons. The third-order valence-corrected chi connectivity index (χ3v) is 4.68. The average molecular weight is 388 g/mol. The Morgan fingerprint density at radius 3 is 2.52 bits per heavy atom. The lowest BCUT2D eigenvalue weighted by molar-refractivity contribution is 0.110. The SMILES string of the molecule is Clc1nc(CC2CCCO2)nc(Cl)c1-c1ccccc1Br. The van der Waals surface area contributed by atoms with E-state index in [1.165, 1.54) is 0 Å². The Morgan fingerprint density at radius 2 is 1.90 bits per heavy atom. The maximum atomic E-state index is 6.33. The average Bonchev–Trinajstić information content (AvgIpc) is 2.93. The van der Waals surface area contributed by atoms with Gasteiger partial charge in [-0.05, 0) is 18.9 Å². The van der Waals surface area contributed by atoms with Gasteiger partial charge < -0.3 is 4.74 Å². The maximum Gasteiger partial charge on any atom is 0.142 e. The van der Waals surface area contributed by atoms with Crippen LogP contribution in [0.5, 0.6) is 0 Å². The molecule has 1 aliphatic rings. The molecule has 1 fully saturated rings. The van der Waals surface area contributed by atoms with Gasteiger partial charge in [0.15, 0.2) is 0 Å². The van der Waals surface area contributed by atoms with Crippen molar-refractivity contribution >= 4 is 39.1 Å². The van der Waals surface area contributed by atoms with Gasteiger partial charge in [0, 0.05) is 23.1 Å². The van der Waals surface area contributed by atoms with E-state index in [1.807, 2.05) is 24.3 Å². The summed E-state index contributed by atoms with van der Waals surface area (Å²) in [5.41, 5.74) is 1.54. The van der Waals surface area contributed by atoms with Crippen molar-refractivity contribution in [2.75, 3.05) is 6.61 Å². The zero-order valence-electron chi connectivity index (χ0n) is 11.2. The van der Waals surface area contributed by atoms with Crippen molar-refractivity contribution in [2.45, 2.75) is 25.4 Å². The van der Waals surface area contributed by atoms with Crippen LogP contribution in [-0.4, -0.2) is 22.7 Å². The number of nitrogens with zero attached hydrogens (tertiary/aromatic N) is 2. The first-order valence-corrected chi connectivity index (χ1v) is 8.28. The van der Waals surface area contributed by atoms with Crippen molar-refractivity contribution in [3.05, 3.63) is 44.9 Å². The monoisotopic (exact) mass is 386 g/mol. The number of hydrogen-bond donors (Lipinski definition) is 0. The molecule has 0 radical (unpaired) electrons. The zero-order valence-corrected chi connectivity index (χ0v) is 14.2. The predicted molar refractivity (Wildman–Crippen MR) is 87.9 cm³/mol. The van der Waals surface area contributed by atoms with Crippen LogP contribution in [0.2, 0.25) is 10.3 Å². The first kappa shape index (κ1) is 15.2. The van der Waals surface area contributed by atoms with Gasteiger partial charge >= 0.3 is 0 Å². The van der Waals surface area contributed by atoms with E-state index in [0.717, 1.165) is 29.5 Å². The molecule has 21 heavy (non-hydrogen) atoms. The van der Waals surface area contributed by atoms with Crippen LogP contribution in [0.4, 0.5) is 0 Å². The Morgan fingerprint density at radius 1 is 1.19 bits per heavy atom. The van der Waals surface area contributed by atoms with Gasteiger partial charge in [-0.3, -0.25) is 0 Å². The molecule has 1 aromatic heterocycles. The lowest BCUT2D eigenvalue weighted by Crippen LogP contribution is -2.12. The van der Waals surface area contributed by atoms with Gasteiger partial charge in [-0.15, -0.1) is 0 Å². The Hall–Kier alpha value is -0.680. The van der Waals surface area contributed by atoms with Crippen LogP contribution in [0.25, 0.3) is 11.1 Å². The summed E-state index contributed by atoms with van der Waals surface area (Å²) in [5.74, 6) is 0.632. The molecule has 1 atom stereocenters. The summed E-state index contributed by atoms with van der Waals surface area (Å²) in [5, 5.41) is 0.741. The van der Waals surface area contributed by atoms with E-state index in [9.17, 15) is 0 Å². The summed E-state index contributed by atoms with van der Waals surface area (Å²) in [6.07, 6.45) is 2.94.